The zero-order chi connectivity index (χ0) is 16.1. The lowest BCUT2D eigenvalue weighted by atomic mass is 9.99. The number of nitrogens with one attached hydrogen (secondary N) is 1. The molecule has 0 aliphatic heterocycles. The van der Waals surface area contributed by atoms with Crippen LogP contribution in [0.5, 0.6) is 0 Å². The van der Waals surface area contributed by atoms with E-state index in [9.17, 15) is 0 Å². The van der Waals surface area contributed by atoms with E-state index in [-0.39, 0.29) is 0 Å². The number of H-pyrrole nitrogens is 1. The minimum Gasteiger partial charge on any atom is -0.353 e. The Morgan fingerprint density at radius 1 is 0.792 bits per heavy atom. The predicted octanol–water partition coefficient (Wildman–Crippen LogP) is 6.30. The molecule has 0 atom stereocenters. The van der Waals surface area contributed by atoms with Gasteiger partial charge in [0.2, 0.25) is 0 Å². The zero-order valence-corrected chi connectivity index (χ0v) is 14.3. The number of para-hydroxylation sites is 1. The lowest BCUT2D eigenvalue weighted by Gasteiger charge is -2.08. The molecule has 2 nitrogen and oxygen atoms in total. The van der Waals surface area contributed by atoms with Gasteiger partial charge in [0.05, 0.1) is 16.6 Å². The highest BCUT2D eigenvalue weighted by atomic mass is 79.9. The summed E-state index contributed by atoms with van der Waals surface area (Å²) in [5.41, 5.74) is 6.64. The lowest BCUT2D eigenvalue weighted by molar-refractivity contribution is 1.48. The van der Waals surface area contributed by atoms with Crippen LogP contribution in [0.3, 0.4) is 0 Å². The number of hydrogen-bond donors (Lipinski definition) is 1. The van der Waals surface area contributed by atoms with Gasteiger partial charge >= 0.3 is 0 Å². The number of pyridine rings is 1. The van der Waals surface area contributed by atoms with E-state index < -0.39 is 0 Å². The molecule has 2 aromatic heterocycles. The van der Waals surface area contributed by atoms with Crippen molar-refractivity contribution in [3.05, 3.63) is 77.3 Å². The molecule has 0 spiro atoms. The quantitative estimate of drug-likeness (QED) is 0.367. The fourth-order valence-corrected chi connectivity index (χ4v) is 3.75. The van der Waals surface area contributed by atoms with Crippen LogP contribution in [0.25, 0.3) is 44.0 Å². The molecule has 0 radical (unpaired) electrons. The molecule has 114 valence electrons. The molecule has 1 N–H and O–H groups in total. The van der Waals surface area contributed by atoms with Crippen molar-refractivity contribution in [3.8, 4) is 11.1 Å². The predicted molar refractivity (Wildman–Crippen MR) is 104 cm³/mol. The average Bonchev–Trinajstić information content (AvgIpc) is 2.98. The van der Waals surface area contributed by atoms with Gasteiger partial charge in [-0.1, -0.05) is 64.5 Å². The smallest absolute Gasteiger partial charge is 0.0972 e. The summed E-state index contributed by atoms with van der Waals surface area (Å²) >= 11 is 3.57. The topological polar surface area (TPSA) is 28.7 Å². The summed E-state index contributed by atoms with van der Waals surface area (Å²) in [5.74, 6) is 0. The number of aromatic amines is 1. The van der Waals surface area contributed by atoms with Crippen LogP contribution in [0.15, 0.2) is 77.3 Å². The fraction of sp³-hybridized carbons (Fsp3) is 0. The molecular weight excluding hydrogens is 360 g/mol. The molecule has 0 saturated carbocycles. The van der Waals surface area contributed by atoms with Gasteiger partial charge in [0, 0.05) is 26.3 Å². The molecular formula is C21H13BrN2. The second-order valence-electron chi connectivity index (χ2n) is 5.91. The SMILES string of the molecule is Brc1ccc2[nH]c3c(-c4ccccc4)c4ccccc4nc3c2c1. The molecule has 0 saturated heterocycles. The first-order chi connectivity index (χ1) is 11.8. The summed E-state index contributed by atoms with van der Waals surface area (Å²) in [4.78, 5) is 8.52. The molecule has 0 bridgehead atoms. The molecule has 0 aliphatic carbocycles. The van der Waals surface area contributed by atoms with Crippen molar-refractivity contribution < 1.29 is 0 Å². The third-order valence-electron chi connectivity index (χ3n) is 4.45. The van der Waals surface area contributed by atoms with Gasteiger partial charge < -0.3 is 4.98 Å². The van der Waals surface area contributed by atoms with Crippen molar-refractivity contribution in [1.29, 1.82) is 0 Å². The van der Waals surface area contributed by atoms with E-state index in [0.29, 0.717) is 0 Å². The Labute approximate surface area is 147 Å². The summed E-state index contributed by atoms with van der Waals surface area (Å²) in [5, 5.41) is 2.31. The van der Waals surface area contributed by atoms with Crippen LogP contribution in [0.4, 0.5) is 0 Å². The van der Waals surface area contributed by atoms with Gasteiger partial charge in [-0.15, -0.1) is 0 Å². The van der Waals surface area contributed by atoms with Crippen LogP contribution >= 0.6 is 15.9 Å². The zero-order valence-electron chi connectivity index (χ0n) is 12.8. The lowest BCUT2D eigenvalue weighted by Crippen LogP contribution is -1.87. The summed E-state index contributed by atoms with van der Waals surface area (Å²) < 4.78 is 1.06. The van der Waals surface area contributed by atoms with E-state index in [4.69, 9.17) is 4.98 Å². The van der Waals surface area contributed by atoms with Gasteiger partial charge in [-0.25, -0.2) is 4.98 Å². The highest BCUT2D eigenvalue weighted by Crippen LogP contribution is 2.37. The number of hydrogen-bond acceptors (Lipinski definition) is 1. The Kier molecular flexibility index (Phi) is 2.97. The molecule has 24 heavy (non-hydrogen) atoms. The first kappa shape index (κ1) is 13.8. The number of rotatable bonds is 1. The highest BCUT2D eigenvalue weighted by molar-refractivity contribution is 9.10. The van der Waals surface area contributed by atoms with Gasteiger partial charge in [-0.2, -0.15) is 0 Å². The average molecular weight is 373 g/mol. The van der Waals surface area contributed by atoms with Gasteiger partial charge in [0.15, 0.2) is 0 Å². The van der Waals surface area contributed by atoms with Crippen LogP contribution in [0, 0.1) is 0 Å². The Morgan fingerprint density at radius 2 is 1.58 bits per heavy atom. The minimum absolute atomic E-state index is 1.02. The number of fused-ring (bicyclic) bond motifs is 4. The largest absolute Gasteiger partial charge is 0.353 e. The van der Waals surface area contributed by atoms with E-state index in [2.05, 4.69) is 81.6 Å². The van der Waals surface area contributed by atoms with E-state index in [1.165, 1.54) is 16.5 Å². The third kappa shape index (κ3) is 1.98. The first-order valence-electron chi connectivity index (χ1n) is 7.86. The molecule has 2 heterocycles. The second kappa shape index (κ2) is 5.18. The van der Waals surface area contributed by atoms with E-state index >= 15 is 0 Å². The van der Waals surface area contributed by atoms with Gasteiger partial charge in [-0.3, -0.25) is 0 Å². The van der Waals surface area contributed by atoms with Crippen molar-refractivity contribution in [1.82, 2.24) is 9.97 Å². The van der Waals surface area contributed by atoms with Crippen molar-refractivity contribution >= 4 is 48.8 Å². The van der Waals surface area contributed by atoms with Crippen LogP contribution < -0.4 is 0 Å². The molecule has 5 rings (SSSR count). The highest BCUT2D eigenvalue weighted by Gasteiger charge is 2.15. The first-order valence-corrected chi connectivity index (χ1v) is 8.66. The molecule has 0 aliphatic rings. The fourth-order valence-electron chi connectivity index (χ4n) is 3.39. The van der Waals surface area contributed by atoms with Crippen LogP contribution in [0.2, 0.25) is 0 Å². The molecule has 0 unspecified atom stereocenters. The number of benzene rings is 3. The number of aromatic nitrogens is 2. The van der Waals surface area contributed by atoms with Crippen LogP contribution in [0.1, 0.15) is 0 Å². The number of nitrogens with zero attached hydrogens (tertiary/aromatic N) is 1. The van der Waals surface area contributed by atoms with E-state index in [1.807, 2.05) is 12.1 Å². The van der Waals surface area contributed by atoms with E-state index in [1.54, 1.807) is 0 Å². The number of halogens is 1. The maximum absolute atomic E-state index is 4.94. The second-order valence-corrected chi connectivity index (χ2v) is 6.82. The van der Waals surface area contributed by atoms with E-state index in [0.717, 1.165) is 31.9 Å². The van der Waals surface area contributed by atoms with Gasteiger partial charge in [-0.05, 0) is 29.8 Å². The molecule has 5 aromatic rings. The van der Waals surface area contributed by atoms with Gasteiger partial charge in [0.25, 0.3) is 0 Å². The van der Waals surface area contributed by atoms with Crippen LogP contribution in [-0.2, 0) is 0 Å². The summed E-state index contributed by atoms with van der Waals surface area (Å²) in [6.45, 7) is 0. The van der Waals surface area contributed by atoms with Crippen molar-refractivity contribution in [3.63, 3.8) is 0 Å². The molecule has 0 fully saturated rings. The van der Waals surface area contributed by atoms with Gasteiger partial charge in [0.1, 0.15) is 0 Å². The van der Waals surface area contributed by atoms with Crippen LogP contribution in [-0.4, -0.2) is 9.97 Å². The molecule has 0 amide bonds. The standard InChI is InChI=1S/C21H13BrN2/c22-14-10-11-18-16(12-14)20-21(24-18)19(13-6-2-1-3-7-13)15-8-4-5-9-17(15)23-20/h1-12,24H. The summed E-state index contributed by atoms with van der Waals surface area (Å²) in [6, 6.07) is 25.1. The normalized spacial score (nSPS) is 11.5. The maximum atomic E-state index is 4.94. The molecule has 3 aromatic carbocycles. The minimum atomic E-state index is 1.02. The monoisotopic (exact) mass is 372 g/mol. The van der Waals surface area contributed by atoms with Crippen molar-refractivity contribution in [2.75, 3.05) is 0 Å². The molecule has 3 heteroatoms. The summed E-state index contributed by atoms with van der Waals surface area (Å²) in [6.07, 6.45) is 0. The summed E-state index contributed by atoms with van der Waals surface area (Å²) in [7, 11) is 0. The Morgan fingerprint density at radius 3 is 2.46 bits per heavy atom. The van der Waals surface area contributed by atoms with Crippen molar-refractivity contribution in [2.24, 2.45) is 0 Å². The third-order valence-corrected chi connectivity index (χ3v) is 4.94. The maximum Gasteiger partial charge on any atom is 0.0972 e. The Bertz CT molecular complexity index is 1210. The Balaban J connectivity index is 2.05. The van der Waals surface area contributed by atoms with Crippen molar-refractivity contribution in [2.45, 2.75) is 0 Å². The Hall–Kier alpha value is -2.65.